The normalized spacial score (nSPS) is 53.8. The average Bonchev–Trinajstić information content (AvgIpc) is 3.24. The molecule has 28 nitrogen and oxygen atoms in total. The van der Waals surface area contributed by atoms with Crippen molar-refractivity contribution in [3.05, 3.63) is 0 Å². The third kappa shape index (κ3) is 10.3. The van der Waals surface area contributed by atoms with Crippen LogP contribution in [-0.2, 0) is 52.1 Å². The number of hydrogen-bond donors (Lipinski definition) is 17. The summed E-state index contributed by atoms with van der Waals surface area (Å²) in [6.45, 7) is -4.29. The van der Waals surface area contributed by atoms with Crippen molar-refractivity contribution >= 4 is 0 Å². The Hall–Kier alpha value is -1.12. The van der Waals surface area contributed by atoms with E-state index in [-0.39, 0.29) is 0 Å². The Bertz CT molecular complexity index is 1360. The van der Waals surface area contributed by atoms with Gasteiger partial charge >= 0.3 is 0 Å². The van der Waals surface area contributed by atoms with E-state index in [1.54, 1.807) is 0 Å². The van der Waals surface area contributed by atoms with Crippen molar-refractivity contribution in [1.82, 2.24) is 0 Å². The zero-order valence-electron chi connectivity index (χ0n) is 31.9. The van der Waals surface area contributed by atoms with Crippen LogP contribution in [0.3, 0.4) is 0 Å². The molecule has 6 saturated heterocycles. The number of rotatable bonds is 13. The first kappa shape index (κ1) is 49.3. The molecule has 27 atom stereocenters. The topological polar surface area (TPSA) is 445 Å². The lowest BCUT2D eigenvalue weighted by atomic mass is 9.96. The van der Waals surface area contributed by atoms with Crippen LogP contribution in [0.4, 0.5) is 0 Å². The van der Waals surface area contributed by atoms with Gasteiger partial charge in [-0.1, -0.05) is 0 Å². The molecule has 0 aromatic rings. The van der Waals surface area contributed by atoms with Crippen molar-refractivity contribution in [2.75, 3.05) is 39.6 Å². The van der Waals surface area contributed by atoms with Gasteiger partial charge in [0.25, 0.3) is 0 Å². The van der Waals surface area contributed by atoms with Gasteiger partial charge in [0.2, 0.25) is 0 Å². The highest BCUT2D eigenvalue weighted by atomic mass is 16.8. The third-order valence-electron chi connectivity index (χ3n) is 11.3. The zero-order chi connectivity index (χ0) is 44.6. The van der Waals surface area contributed by atoms with Gasteiger partial charge < -0.3 is 139 Å². The molecule has 0 spiro atoms. The van der Waals surface area contributed by atoms with Crippen molar-refractivity contribution in [2.24, 2.45) is 0 Å². The van der Waals surface area contributed by atoms with Crippen LogP contribution >= 0.6 is 0 Å². The third-order valence-corrected chi connectivity index (χ3v) is 11.3. The van der Waals surface area contributed by atoms with E-state index >= 15 is 0 Å². The van der Waals surface area contributed by atoms with Crippen molar-refractivity contribution < 1.29 is 139 Å². The zero-order valence-corrected chi connectivity index (χ0v) is 31.9. The van der Waals surface area contributed by atoms with E-state index in [9.17, 15) is 86.8 Å². The smallest absolute Gasteiger partial charge is 0.187 e. The summed E-state index contributed by atoms with van der Waals surface area (Å²) in [6, 6.07) is 0. The highest BCUT2D eigenvalue weighted by molar-refractivity contribution is 4.97. The summed E-state index contributed by atoms with van der Waals surface area (Å²) < 4.78 is 60.2. The Balaban J connectivity index is 1.06. The van der Waals surface area contributed by atoms with Crippen molar-refractivity contribution in [2.45, 2.75) is 166 Å². The van der Waals surface area contributed by atoms with Crippen LogP contribution in [0.2, 0.25) is 0 Å². The summed E-state index contributed by atoms with van der Waals surface area (Å²) in [4.78, 5) is 0. The van der Waals surface area contributed by atoms with E-state index in [2.05, 4.69) is 0 Å². The number of hydrogen-bond acceptors (Lipinski definition) is 28. The van der Waals surface area contributed by atoms with Crippen molar-refractivity contribution in [3.8, 4) is 0 Å². The quantitative estimate of drug-likeness (QED) is 0.0816. The molecule has 6 rings (SSSR count). The first-order chi connectivity index (χ1) is 28.9. The monoisotopic (exact) mass is 900 g/mol. The van der Waals surface area contributed by atoms with E-state index in [0.717, 1.165) is 0 Å². The predicted octanol–water partition coefficient (Wildman–Crippen LogP) is -12.2. The Morgan fingerprint density at radius 2 is 0.787 bits per heavy atom. The van der Waals surface area contributed by atoms with Gasteiger partial charge in [-0.25, -0.2) is 0 Å². The van der Waals surface area contributed by atoms with E-state index in [1.807, 2.05) is 0 Å². The van der Waals surface area contributed by atoms with Gasteiger partial charge in [0.1, 0.15) is 128 Å². The SMILES string of the molecule is OC[C@@H]1OC(O)[C@@H](O[C@@H]2OC[C@@H](O)[C@H](O)[C@H]2O)[C@H](O)[C@@H]1O[C@@H]1OC[C@@H](O[C@@H]2OC[C@@H](O)[C@H](O[C@@H]3O[C@H](CO)[C@@H](O)[C@H](O[C@@H]4O[C@H](CO)[C@H](O)[C@H](O)[C@H]4O)[C@H]3O)[C@H]2O)[C@H](O)[C@H]1O. The van der Waals surface area contributed by atoms with Crippen LogP contribution in [0.25, 0.3) is 0 Å². The largest absolute Gasteiger partial charge is 0.394 e. The molecule has 17 N–H and O–H groups in total. The summed E-state index contributed by atoms with van der Waals surface area (Å²) in [7, 11) is 0. The van der Waals surface area contributed by atoms with Crippen molar-refractivity contribution in [1.29, 1.82) is 0 Å². The maximum atomic E-state index is 11.2. The molecular formula is C33H56O28. The number of ether oxygens (including phenoxy) is 11. The second kappa shape index (κ2) is 21.0. The molecule has 0 aromatic carbocycles. The molecule has 356 valence electrons. The number of aliphatic hydroxyl groups excluding tert-OH is 17. The number of aliphatic hydroxyl groups is 17. The lowest BCUT2D eigenvalue weighted by Crippen LogP contribution is -2.66. The standard InChI is InChI=1S/C33H56O28/c34-1-9-14(40)17(43)20(46)32(55-9)60-26-16(42)10(2-35)56-33(23(26)49)58-24-8(38)5-52-31(22(24)48)57-12-6-53-30(19(45)15(12)41)59-25-11(3-36)54-28(50)27(21(25)47)61-29-18(44)13(39)7(37)4-51-29/h7-50H,1-6H2/t7-,8-,9-,10-,11+,12-,13+,14+,15+,16-,17+,18-,19-,20-,21-,22-,23-,24+,25-,26+,27+,28?,29+,30+,31+,32+,33+/m1/s1. The summed E-state index contributed by atoms with van der Waals surface area (Å²) in [5.41, 5.74) is 0. The molecule has 0 bridgehead atoms. The van der Waals surface area contributed by atoms with Gasteiger partial charge in [-0.05, 0) is 0 Å². The fourth-order valence-electron chi connectivity index (χ4n) is 7.64. The maximum absolute atomic E-state index is 11.2. The lowest BCUT2D eigenvalue weighted by Gasteiger charge is -2.48. The summed E-state index contributed by atoms with van der Waals surface area (Å²) >= 11 is 0. The van der Waals surface area contributed by atoms with E-state index in [1.165, 1.54) is 0 Å². The molecule has 0 saturated carbocycles. The molecule has 1 unspecified atom stereocenters. The van der Waals surface area contributed by atoms with E-state index in [4.69, 9.17) is 52.1 Å². The molecule has 28 heteroatoms. The highest BCUT2D eigenvalue weighted by Gasteiger charge is 2.55. The molecule has 6 heterocycles. The first-order valence-corrected chi connectivity index (χ1v) is 19.4. The van der Waals surface area contributed by atoms with Crippen LogP contribution in [-0.4, -0.2) is 292 Å². The maximum Gasteiger partial charge on any atom is 0.187 e. The predicted molar refractivity (Wildman–Crippen MR) is 181 cm³/mol. The second-order valence-corrected chi connectivity index (χ2v) is 15.4. The van der Waals surface area contributed by atoms with Gasteiger partial charge in [-0.2, -0.15) is 0 Å². The Morgan fingerprint density at radius 3 is 1.41 bits per heavy atom. The fourth-order valence-corrected chi connectivity index (χ4v) is 7.64. The Labute approximate surface area is 344 Å². The molecule has 0 aliphatic carbocycles. The minimum absolute atomic E-state index is 0.483. The average molecular weight is 901 g/mol. The molecule has 6 aliphatic rings. The second-order valence-electron chi connectivity index (χ2n) is 15.4. The molecule has 0 aromatic heterocycles. The minimum Gasteiger partial charge on any atom is -0.394 e. The van der Waals surface area contributed by atoms with Crippen LogP contribution in [0.1, 0.15) is 0 Å². The van der Waals surface area contributed by atoms with Gasteiger partial charge in [0, 0.05) is 0 Å². The van der Waals surface area contributed by atoms with Crippen molar-refractivity contribution in [3.63, 3.8) is 0 Å². The Kier molecular flexibility index (Phi) is 17.0. The summed E-state index contributed by atoms with van der Waals surface area (Å²) in [5.74, 6) is 0. The minimum atomic E-state index is -2.04. The molecule has 0 radical (unpaired) electrons. The van der Waals surface area contributed by atoms with Gasteiger partial charge in [-0.3, -0.25) is 0 Å². The van der Waals surface area contributed by atoms with Crippen LogP contribution in [0.15, 0.2) is 0 Å². The molecule has 6 aliphatic heterocycles. The molecular weight excluding hydrogens is 844 g/mol. The van der Waals surface area contributed by atoms with E-state index < -0.39 is 206 Å². The van der Waals surface area contributed by atoms with Gasteiger partial charge in [0.15, 0.2) is 37.7 Å². The van der Waals surface area contributed by atoms with Crippen LogP contribution in [0.5, 0.6) is 0 Å². The molecule has 6 fully saturated rings. The Morgan fingerprint density at radius 1 is 0.328 bits per heavy atom. The molecule has 61 heavy (non-hydrogen) atoms. The van der Waals surface area contributed by atoms with E-state index in [0.29, 0.717) is 0 Å². The fraction of sp³-hybridized carbons (Fsp3) is 1.00. The van der Waals surface area contributed by atoms with Crippen LogP contribution < -0.4 is 0 Å². The first-order valence-electron chi connectivity index (χ1n) is 19.4. The summed E-state index contributed by atoms with van der Waals surface area (Å²) in [6.07, 6.45) is -47.9. The van der Waals surface area contributed by atoms with Crippen LogP contribution in [0, 0.1) is 0 Å². The summed E-state index contributed by atoms with van der Waals surface area (Å²) in [5, 5.41) is 178. The van der Waals surface area contributed by atoms with Gasteiger partial charge in [-0.15, -0.1) is 0 Å². The lowest BCUT2D eigenvalue weighted by molar-refractivity contribution is -0.384. The molecule has 0 amide bonds. The highest BCUT2D eigenvalue weighted by Crippen LogP contribution is 2.34. The van der Waals surface area contributed by atoms with Gasteiger partial charge in [0.05, 0.1) is 39.6 Å².